The van der Waals surface area contributed by atoms with Gasteiger partial charge in [0.15, 0.2) is 0 Å². The molecule has 110 valence electrons. The van der Waals surface area contributed by atoms with Crippen LogP contribution in [0.15, 0.2) is 6.20 Å². The van der Waals surface area contributed by atoms with Crippen molar-refractivity contribution >= 4 is 17.5 Å². The maximum absolute atomic E-state index is 11.0. The summed E-state index contributed by atoms with van der Waals surface area (Å²) in [5.74, 6) is -0.503. The third kappa shape index (κ3) is 3.23. The molecule has 0 saturated carbocycles. The summed E-state index contributed by atoms with van der Waals surface area (Å²) in [6, 6.07) is 0. The predicted octanol–water partition coefficient (Wildman–Crippen LogP) is -0.0750. The number of rotatable bonds is 4. The average Bonchev–Trinajstić information content (AvgIpc) is 2.60. The normalized spacial score (nSPS) is 16.9. The van der Waals surface area contributed by atoms with E-state index < -0.39 is 10.9 Å². The Morgan fingerprint density at radius 3 is 2.85 bits per heavy atom. The van der Waals surface area contributed by atoms with E-state index >= 15 is 0 Å². The van der Waals surface area contributed by atoms with E-state index in [0.717, 1.165) is 6.42 Å². The molecule has 0 bridgehead atoms. The van der Waals surface area contributed by atoms with Crippen LogP contribution in [0.2, 0.25) is 0 Å². The molecule has 0 aromatic carbocycles. The van der Waals surface area contributed by atoms with E-state index in [2.05, 4.69) is 5.10 Å². The molecule has 1 aliphatic heterocycles. The Hall–Kier alpha value is -2.16. The summed E-state index contributed by atoms with van der Waals surface area (Å²) < 4.78 is 1.42. The molecule has 2 heterocycles. The van der Waals surface area contributed by atoms with Crippen molar-refractivity contribution in [2.75, 3.05) is 37.6 Å². The van der Waals surface area contributed by atoms with Gasteiger partial charge in [0.05, 0.1) is 11.5 Å². The molecule has 1 aromatic heterocycles. The van der Waals surface area contributed by atoms with Crippen LogP contribution in [0.5, 0.6) is 0 Å². The number of nitro groups is 1. The number of anilines is 1. The van der Waals surface area contributed by atoms with Crippen LogP contribution >= 0.6 is 0 Å². The number of carboxylic acids is 1. The molecule has 1 aromatic rings. The predicted molar refractivity (Wildman–Crippen MR) is 70.8 cm³/mol. The molecule has 0 aliphatic carbocycles. The van der Waals surface area contributed by atoms with Gasteiger partial charge in [0.25, 0.3) is 0 Å². The first kappa shape index (κ1) is 14.3. The van der Waals surface area contributed by atoms with E-state index in [1.165, 1.54) is 10.9 Å². The summed E-state index contributed by atoms with van der Waals surface area (Å²) in [6.45, 7) is 2.39. The van der Waals surface area contributed by atoms with Gasteiger partial charge in [0, 0.05) is 33.2 Å². The molecule has 1 N–H and O–H groups in total. The fraction of sp³-hybridized carbons (Fsp3) is 0.636. The zero-order valence-electron chi connectivity index (χ0n) is 11.2. The molecule has 1 aliphatic rings. The highest BCUT2D eigenvalue weighted by atomic mass is 16.6. The third-order valence-corrected chi connectivity index (χ3v) is 3.23. The fourth-order valence-electron chi connectivity index (χ4n) is 2.35. The zero-order chi connectivity index (χ0) is 14.7. The molecule has 2 rings (SSSR count). The summed E-state index contributed by atoms with van der Waals surface area (Å²) in [6.07, 6.45) is 2.14. The lowest BCUT2D eigenvalue weighted by molar-refractivity contribution is -0.384. The largest absolute Gasteiger partial charge is 0.480 e. The highest BCUT2D eigenvalue weighted by Gasteiger charge is 2.26. The lowest BCUT2D eigenvalue weighted by Gasteiger charge is -2.20. The topological polar surface area (TPSA) is 105 Å². The molecule has 1 saturated heterocycles. The first-order valence-electron chi connectivity index (χ1n) is 6.34. The number of aliphatic carboxylic acids is 1. The van der Waals surface area contributed by atoms with Crippen LogP contribution in [-0.2, 0) is 11.8 Å². The van der Waals surface area contributed by atoms with Gasteiger partial charge in [-0.15, -0.1) is 5.10 Å². The monoisotopic (exact) mass is 283 g/mol. The molecule has 20 heavy (non-hydrogen) atoms. The van der Waals surface area contributed by atoms with Crippen molar-refractivity contribution in [3.05, 3.63) is 16.3 Å². The standard InChI is InChI=1S/C11H17N5O4/c1-13-7-9(16(19)20)11(12-13)15-4-2-3-14(5-6-15)8-10(17)18/h7H,2-6,8H2,1H3,(H,17,18). The molecule has 0 amide bonds. The summed E-state index contributed by atoms with van der Waals surface area (Å²) in [5, 5.41) is 24.0. The molecule has 0 spiro atoms. The fourth-order valence-corrected chi connectivity index (χ4v) is 2.35. The minimum absolute atomic E-state index is 0.00183. The van der Waals surface area contributed by atoms with E-state index in [-0.39, 0.29) is 12.2 Å². The van der Waals surface area contributed by atoms with Crippen LogP contribution in [0.3, 0.4) is 0 Å². The minimum atomic E-state index is -0.859. The van der Waals surface area contributed by atoms with Crippen molar-refractivity contribution in [1.29, 1.82) is 0 Å². The molecule has 9 heteroatoms. The Balaban J connectivity index is 2.10. The molecule has 0 unspecified atom stereocenters. The molecular formula is C11H17N5O4. The second kappa shape index (κ2) is 5.87. The lowest BCUT2D eigenvalue weighted by atomic mass is 10.3. The van der Waals surface area contributed by atoms with E-state index in [4.69, 9.17) is 5.11 Å². The second-order valence-corrected chi connectivity index (χ2v) is 4.78. The summed E-state index contributed by atoms with van der Waals surface area (Å²) >= 11 is 0. The second-order valence-electron chi connectivity index (χ2n) is 4.78. The van der Waals surface area contributed by atoms with Crippen LogP contribution in [0.25, 0.3) is 0 Å². The number of carboxylic acid groups (broad SMARTS) is 1. The van der Waals surface area contributed by atoms with Gasteiger partial charge in [0.2, 0.25) is 5.82 Å². The van der Waals surface area contributed by atoms with Crippen LogP contribution < -0.4 is 4.90 Å². The Morgan fingerprint density at radius 2 is 2.20 bits per heavy atom. The van der Waals surface area contributed by atoms with Crippen LogP contribution in [-0.4, -0.2) is 63.4 Å². The SMILES string of the molecule is Cn1cc([N+](=O)[O-])c(N2CCCN(CC(=O)O)CC2)n1. The van der Waals surface area contributed by atoms with Crippen molar-refractivity contribution in [2.45, 2.75) is 6.42 Å². The molecule has 0 atom stereocenters. The lowest BCUT2D eigenvalue weighted by Crippen LogP contribution is -2.34. The van der Waals surface area contributed by atoms with Gasteiger partial charge in [-0.1, -0.05) is 0 Å². The molecule has 1 fully saturated rings. The van der Waals surface area contributed by atoms with Gasteiger partial charge in [-0.25, -0.2) is 0 Å². The smallest absolute Gasteiger partial charge is 0.330 e. The van der Waals surface area contributed by atoms with Gasteiger partial charge >= 0.3 is 11.7 Å². The van der Waals surface area contributed by atoms with Gasteiger partial charge in [-0.3, -0.25) is 24.5 Å². The van der Waals surface area contributed by atoms with Crippen LogP contribution in [0.1, 0.15) is 6.42 Å². The van der Waals surface area contributed by atoms with Gasteiger partial charge in [0.1, 0.15) is 6.20 Å². The highest BCUT2D eigenvalue weighted by Crippen LogP contribution is 2.26. The van der Waals surface area contributed by atoms with E-state index in [1.54, 1.807) is 7.05 Å². The Kier molecular flexibility index (Phi) is 4.18. The van der Waals surface area contributed by atoms with Crippen molar-refractivity contribution in [2.24, 2.45) is 7.05 Å². The number of nitrogens with zero attached hydrogens (tertiary/aromatic N) is 5. The van der Waals surface area contributed by atoms with Gasteiger partial charge in [-0.05, 0) is 6.42 Å². The van der Waals surface area contributed by atoms with Crippen molar-refractivity contribution in [3.63, 3.8) is 0 Å². The maximum atomic E-state index is 11.0. The number of aromatic nitrogens is 2. The maximum Gasteiger partial charge on any atom is 0.330 e. The average molecular weight is 283 g/mol. The summed E-state index contributed by atoms with van der Waals surface area (Å²) in [7, 11) is 1.64. The highest BCUT2D eigenvalue weighted by molar-refractivity contribution is 5.69. The Bertz CT molecular complexity index is 515. The van der Waals surface area contributed by atoms with E-state index in [1.807, 2.05) is 9.80 Å². The summed E-state index contributed by atoms with van der Waals surface area (Å²) in [4.78, 5) is 25.0. The summed E-state index contributed by atoms with van der Waals surface area (Å²) in [5.41, 5.74) is -0.0146. The van der Waals surface area contributed by atoms with Gasteiger partial charge in [-0.2, -0.15) is 0 Å². The van der Waals surface area contributed by atoms with E-state index in [0.29, 0.717) is 32.0 Å². The number of carbonyl (C=O) groups is 1. The van der Waals surface area contributed by atoms with Crippen LogP contribution in [0.4, 0.5) is 11.5 Å². The quantitative estimate of drug-likeness (QED) is 0.609. The third-order valence-electron chi connectivity index (χ3n) is 3.23. The first-order chi connectivity index (χ1) is 9.47. The Morgan fingerprint density at radius 1 is 1.45 bits per heavy atom. The van der Waals surface area contributed by atoms with Crippen molar-refractivity contribution in [1.82, 2.24) is 14.7 Å². The molecule has 0 radical (unpaired) electrons. The molecule has 9 nitrogen and oxygen atoms in total. The Labute approximate surface area is 115 Å². The van der Waals surface area contributed by atoms with Crippen molar-refractivity contribution < 1.29 is 14.8 Å². The molecular weight excluding hydrogens is 266 g/mol. The number of hydrogen-bond donors (Lipinski definition) is 1. The first-order valence-corrected chi connectivity index (χ1v) is 6.34. The van der Waals surface area contributed by atoms with Crippen molar-refractivity contribution in [3.8, 4) is 0 Å². The minimum Gasteiger partial charge on any atom is -0.480 e. The van der Waals surface area contributed by atoms with E-state index in [9.17, 15) is 14.9 Å². The van der Waals surface area contributed by atoms with Gasteiger partial charge < -0.3 is 10.0 Å². The van der Waals surface area contributed by atoms with Crippen LogP contribution in [0, 0.1) is 10.1 Å². The zero-order valence-corrected chi connectivity index (χ0v) is 11.2. The number of hydrogen-bond acceptors (Lipinski definition) is 6. The number of aryl methyl sites for hydroxylation is 1.